The zero-order chi connectivity index (χ0) is 13.6. The van der Waals surface area contributed by atoms with E-state index in [2.05, 4.69) is 4.74 Å². The molecule has 4 heteroatoms. The van der Waals surface area contributed by atoms with E-state index in [1.165, 1.54) is 7.11 Å². The molecule has 1 aromatic carbocycles. The Kier molecular flexibility index (Phi) is 5.16. The number of ether oxygens (including phenoxy) is 2. The van der Waals surface area contributed by atoms with Crippen LogP contribution in [0.15, 0.2) is 24.3 Å². The molecule has 0 amide bonds. The van der Waals surface area contributed by atoms with Crippen molar-refractivity contribution in [2.45, 2.75) is 32.2 Å². The average Bonchev–Trinajstić information content (AvgIpc) is 2.33. The van der Waals surface area contributed by atoms with Gasteiger partial charge in [-0.2, -0.15) is 0 Å². The van der Waals surface area contributed by atoms with Crippen molar-refractivity contribution in [3.63, 3.8) is 0 Å². The van der Waals surface area contributed by atoms with Crippen LogP contribution in [0.25, 0.3) is 0 Å². The van der Waals surface area contributed by atoms with Gasteiger partial charge >= 0.3 is 5.97 Å². The fraction of sp³-hybridized carbons (Fsp3) is 0.500. The highest BCUT2D eigenvalue weighted by molar-refractivity contribution is 5.79. The molecule has 0 aliphatic heterocycles. The first-order valence-corrected chi connectivity index (χ1v) is 6.02. The highest BCUT2D eigenvalue weighted by Gasteiger charge is 2.28. The number of esters is 1. The highest BCUT2D eigenvalue weighted by atomic mass is 16.5. The molecule has 0 saturated carbocycles. The van der Waals surface area contributed by atoms with E-state index in [9.17, 15) is 4.79 Å². The molecule has 100 valence electrons. The van der Waals surface area contributed by atoms with Crippen molar-refractivity contribution in [2.24, 2.45) is 5.73 Å². The van der Waals surface area contributed by atoms with Gasteiger partial charge in [0.25, 0.3) is 0 Å². The van der Waals surface area contributed by atoms with Gasteiger partial charge in [0.05, 0.1) is 13.7 Å². The van der Waals surface area contributed by atoms with Crippen molar-refractivity contribution in [2.75, 3.05) is 13.7 Å². The van der Waals surface area contributed by atoms with Crippen molar-refractivity contribution in [1.82, 2.24) is 0 Å². The standard InChI is InChI=1S/C14H21NO3/c1-11-6-4-7-12(10-11)18-9-5-8-14(2,15)13(16)17-3/h4,6-7,10H,5,8-9,15H2,1-3H3. The van der Waals surface area contributed by atoms with Crippen LogP contribution >= 0.6 is 0 Å². The SMILES string of the molecule is COC(=O)C(C)(N)CCCOc1cccc(C)c1. The Bertz CT molecular complexity index is 402. The topological polar surface area (TPSA) is 61.5 Å². The third kappa shape index (κ3) is 4.37. The highest BCUT2D eigenvalue weighted by Crippen LogP contribution is 2.15. The Hall–Kier alpha value is -1.55. The monoisotopic (exact) mass is 251 g/mol. The summed E-state index contributed by atoms with van der Waals surface area (Å²) in [6, 6.07) is 7.85. The normalized spacial score (nSPS) is 13.8. The van der Waals surface area contributed by atoms with Gasteiger partial charge in [-0.1, -0.05) is 12.1 Å². The van der Waals surface area contributed by atoms with E-state index in [4.69, 9.17) is 10.5 Å². The summed E-state index contributed by atoms with van der Waals surface area (Å²) >= 11 is 0. The number of hydrogen-bond acceptors (Lipinski definition) is 4. The minimum absolute atomic E-state index is 0.391. The zero-order valence-corrected chi connectivity index (χ0v) is 11.2. The third-order valence-electron chi connectivity index (χ3n) is 2.75. The summed E-state index contributed by atoms with van der Waals surface area (Å²) in [4.78, 5) is 11.4. The number of aryl methyl sites for hydroxylation is 1. The maximum atomic E-state index is 11.4. The molecular weight excluding hydrogens is 230 g/mol. The van der Waals surface area contributed by atoms with Gasteiger partial charge in [-0.25, -0.2) is 0 Å². The van der Waals surface area contributed by atoms with Crippen molar-refractivity contribution in [1.29, 1.82) is 0 Å². The predicted octanol–water partition coefficient (Wildman–Crippen LogP) is 2.04. The fourth-order valence-corrected chi connectivity index (χ4v) is 1.67. The van der Waals surface area contributed by atoms with Crippen LogP contribution < -0.4 is 10.5 Å². The van der Waals surface area contributed by atoms with Crippen LogP contribution in [0.2, 0.25) is 0 Å². The lowest BCUT2D eigenvalue weighted by Gasteiger charge is -2.21. The summed E-state index contributed by atoms with van der Waals surface area (Å²) in [6.07, 6.45) is 1.24. The van der Waals surface area contributed by atoms with E-state index in [0.29, 0.717) is 19.4 Å². The first-order chi connectivity index (χ1) is 8.45. The van der Waals surface area contributed by atoms with Gasteiger partial charge in [-0.15, -0.1) is 0 Å². The van der Waals surface area contributed by atoms with Gasteiger partial charge in [-0.3, -0.25) is 4.79 Å². The van der Waals surface area contributed by atoms with Gasteiger partial charge < -0.3 is 15.2 Å². The molecule has 1 aromatic rings. The van der Waals surface area contributed by atoms with Crippen LogP contribution in [0.5, 0.6) is 5.75 Å². The molecule has 0 radical (unpaired) electrons. The number of carbonyl (C=O) groups is 1. The molecule has 1 atom stereocenters. The van der Waals surface area contributed by atoms with Gasteiger partial charge in [-0.05, 0) is 44.4 Å². The number of nitrogens with two attached hydrogens (primary N) is 1. The lowest BCUT2D eigenvalue weighted by molar-refractivity contribution is -0.146. The van der Waals surface area contributed by atoms with Gasteiger partial charge in [0, 0.05) is 0 Å². The first-order valence-electron chi connectivity index (χ1n) is 6.02. The molecule has 4 nitrogen and oxygen atoms in total. The van der Waals surface area contributed by atoms with Crippen LogP contribution in [0.1, 0.15) is 25.3 Å². The molecule has 2 N–H and O–H groups in total. The molecule has 0 bridgehead atoms. The van der Waals surface area contributed by atoms with Crippen LogP contribution in [0.4, 0.5) is 0 Å². The molecule has 18 heavy (non-hydrogen) atoms. The quantitative estimate of drug-likeness (QED) is 0.621. The van der Waals surface area contributed by atoms with Crippen molar-refractivity contribution in [3.05, 3.63) is 29.8 Å². The molecule has 0 aliphatic rings. The Morgan fingerprint density at radius 1 is 1.44 bits per heavy atom. The van der Waals surface area contributed by atoms with Crippen LogP contribution in [-0.4, -0.2) is 25.2 Å². The summed E-state index contributed by atoms with van der Waals surface area (Å²) in [5.74, 6) is 0.449. The van der Waals surface area contributed by atoms with Crippen molar-refractivity contribution in [3.8, 4) is 5.75 Å². The maximum absolute atomic E-state index is 11.4. The minimum atomic E-state index is -0.940. The van der Waals surface area contributed by atoms with E-state index < -0.39 is 11.5 Å². The second-order valence-corrected chi connectivity index (χ2v) is 4.68. The van der Waals surface area contributed by atoms with Crippen LogP contribution in [0.3, 0.4) is 0 Å². The zero-order valence-electron chi connectivity index (χ0n) is 11.2. The molecule has 0 aliphatic carbocycles. The van der Waals surface area contributed by atoms with Gasteiger partial charge in [0.1, 0.15) is 11.3 Å². The summed E-state index contributed by atoms with van der Waals surface area (Å²) in [5, 5.41) is 0. The second kappa shape index (κ2) is 6.40. The summed E-state index contributed by atoms with van der Waals surface area (Å²) in [7, 11) is 1.34. The molecule has 0 spiro atoms. The third-order valence-corrected chi connectivity index (χ3v) is 2.75. The molecule has 0 fully saturated rings. The maximum Gasteiger partial charge on any atom is 0.325 e. The van der Waals surface area contributed by atoms with E-state index in [1.54, 1.807) is 6.92 Å². The summed E-state index contributed by atoms with van der Waals surface area (Å²) in [5.41, 5.74) is 6.06. The lowest BCUT2D eigenvalue weighted by atomic mass is 9.98. The second-order valence-electron chi connectivity index (χ2n) is 4.68. The minimum Gasteiger partial charge on any atom is -0.494 e. The largest absolute Gasteiger partial charge is 0.494 e. The molecule has 0 heterocycles. The molecular formula is C14H21NO3. The molecule has 1 unspecified atom stereocenters. The number of rotatable bonds is 6. The smallest absolute Gasteiger partial charge is 0.325 e. The molecule has 1 rings (SSSR count). The van der Waals surface area contributed by atoms with Crippen molar-refractivity contribution >= 4 is 5.97 Å². The van der Waals surface area contributed by atoms with Gasteiger partial charge in [0.2, 0.25) is 0 Å². The number of methoxy groups -OCH3 is 1. The van der Waals surface area contributed by atoms with E-state index in [1.807, 2.05) is 31.2 Å². The number of carbonyl (C=O) groups excluding carboxylic acids is 1. The molecule has 0 aromatic heterocycles. The Morgan fingerprint density at radius 3 is 2.78 bits per heavy atom. The van der Waals surface area contributed by atoms with Crippen LogP contribution in [-0.2, 0) is 9.53 Å². The summed E-state index contributed by atoms with van der Waals surface area (Å²) in [6.45, 7) is 4.22. The fourth-order valence-electron chi connectivity index (χ4n) is 1.67. The van der Waals surface area contributed by atoms with Crippen LogP contribution in [0, 0.1) is 6.92 Å². The Labute approximate surface area is 108 Å². The molecule has 0 saturated heterocycles. The van der Waals surface area contributed by atoms with E-state index >= 15 is 0 Å². The van der Waals surface area contributed by atoms with Crippen molar-refractivity contribution < 1.29 is 14.3 Å². The van der Waals surface area contributed by atoms with Gasteiger partial charge in [0.15, 0.2) is 0 Å². The number of benzene rings is 1. The summed E-state index contributed by atoms with van der Waals surface area (Å²) < 4.78 is 10.2. The lowest BCUT2D eigenvalue weighted by Crippen LogP contribution is -2.45. The predicted molar refractivity (Wildman–Crippen MR) is 70.5 cm³/mol. The Balaban J connectivity index is 2.33. The number of hydrogen-bond donors (Lipinski definition) is 1. The first kappa shape index (κ1) is 14.5. The van der Waals surface area contributed by atoms with E-state index in [0.717, 1.165) is 11.3 Å². The average molecular weight is 251 g/mol. The van der Waals surface area contributed by atoms with E-state index in [-0.39, 0.29) is 0 Å². The Morgan fingerprint density at radius 2 is 2.17 bits per heavy atom.